The molecule has 1 rings (SSSR count). The first kappa shape index (κ1) is 17.5. The zero-order chi connectivity index (χ0) is 16.4. The van der Waals surface area contributed by atoms with Crippen LogP contribution < -0.4 is 5.32 Å². The Morgan fingerprint density at radius 1 is 1.14 bits per heavy atom. The molecule has 118 valence electrons. The predicted octanol–water partition coefficient (Wildman–Crippen LogP) is 1.05. The number of carbonyl (C=O) groups is 1. The fourth-order valence-electron chi connectivity index (χ4n) is 1.70. The summed E-state index contributed by atoms with van der Waals surface area (Å²) >= 11 is 0. The lowest BCUT2D eigenvalue weighted by atomic mass is 10.1. The molecular weight excluding hydrogens is 290 g/mol. The van der Waals surface area contributed by atoms with E-state index in [1.54, 1.807) is 26.2 Å². The third-order valence-corrected chi connectivity index (χ3v) is 5.14. The molecule has 0 bridgehead atoms. The number of likely N-dealkylation sites (N-methyl/N-ethyl adjacent to an activating group) is 1. The standard InChI is InChI=1S/C14H23N3O3S/c1-10-7-12(21(19,20)17(5)6)8-13(11(10)2)15-9-14(18)16(3)4/h7-8,15H,9H2,1-6H3. The Morgan fingerprint density at radius 2 is 1.71 bits per heavy atom. The largest absolute Gasteiger partial charge is 0.376 e. The van der Waals surface area contributed by atoms with Gasteiger partial charge in [0, 0.05) is 33.9 Å². The van der Waals surface area contributed by atoms with Crippen LogP contribution in [0.4, 0.5) is 5.69 Å². The number of hydrogen-bond donors (Lipinski definition) is 1. The second-order valence-electron chi connectivity index (χ2n) is 5.34. The molecule has 0 fully saturated rings. The Bertz CT molecular complexity index is 637. The van der Waals surface area contributed by atoms with E-state index < -0.39 is 10.0 Å². The van der Waals surface area contributed by atoms with Gasteiger partial charge in [-0.2, -0.15) is 0 Å². The van der Waals surface area contributed by atoms with Gasteiger partial charge in [-0.05, 0) is 37.1 Å². The number of carbonyl (C=O) groups excluding carboxylic acids is 1. The maximum Gasteiger partial charge on any atom is 0.242 e. The monoisotopic (exact) mass is 313 g/mol. The average molecular weight is 313 g/mol. The fraction of sp³-hybridized carbons (Fsp3) is 0.500. The van der Waals surface area contributed by atoms with Crippen molar-refractivity contribution in [1.29, 1.82) is 0 Å². The Kier molecular flexibility index (Phi) is 5.36. The Hall–Kier alpha value is -1.60. The summed E-state index contributed by atoms with van der Waals surface area (Å²) in [7, 11) is 2.84. The van der Waals surface area contributed by atoms with Gasteiger partial charge >= 0.3 is 0 Å². The number of rotatable bonds is 5. The molecule has 0 heterocycles. The lowest BCUT2D eigenvalue weighted by Gasteiger charge is -2.17. The van der Waals surface area contributed by atoms with Crippen molar-refractivity contribution in [2.45, 2.75) is 18.7 Å². The molecule has 6 nitrogen and oxygen atoms in total. The minimum atomic E-state index is -3.50. The van der Waals surface area contributed by atoms with Crippen LogP contribution >= 0.6 is 0 Å². The molecule has 0 spiro atoms. The number of benzene rings is 1. The van der Waals surface area contributed by atoms with Crippen molar-refractivity contribution in [3.8, 4) is 0 Å². The van der Waals surface area contributed by atoms with Gasteiger partial charge in [-0.3, -0.25) is 4.79 Å². The summed E-state index contributed by atoms with van der Waals surface area (Å²) in [5, 5.41) is 3.01. The summed E-state index contributed by atoms with van der Waals surface area (Å²) in [5.74, 6) is -0.0760. The van der Waals surface area contributed by atoms with Crippen molar-refractivity contribution < 1.29 is 13.2 Å². The van der Waals surface area contributed by atoms with Crippen LogP contribution in [0, 0.1) is 13.8 Å². The molecule has 0 atom stereocenters. The molecule has 1 aromatic carbocycles. The number of aryl methyl sites for hydroxylation is 1. The number of sulfonamides is 1. The second-order valence-corrected chi connectivity index (χ2v) is 7.49. The molecule has 1 N–H and O–H groups in total. The molecule has 1 aromatic rings. The van der Waals surface area contributed by atoms with E-state index in [9.17, 15) is 13.2 Å². The van der Waals surface area contributed by atoms with Gasteiger partial charge in [-0.1, -0.05) is 0 Å². The van der Waals surface area contributed by atoms with Crippen molar-refractivity contribution in [2.24, 2.45) is 0 Å². The van der Waals surface area contributed by atoms with Gasteiger partial charge in [0.25, 0.3) is 0 Å². The van der Waals surface area contributed by atoms with Crippen LogP contribution in [0.15, 0.2) is 17.0 Å². The van der Waals surface area contributed by atoms with Gasteiger partial charge < -0.3 is 10.2 Å². The molecule has 7 heteroatoms. The Balaban J connectivity index is 3.17. The van der Waals surface area contributed by atoms with Gasteiger partial charge in [-0.25, -0.2) is 12.7 Å². The maximum absolute atomic E-state index is 12.2. The first-order chi connectivity index (χ1) is 9.57. The van der Waals surface area contributed by atoms with E-state index in [0.717, 1.165) is 11.1 Å². The fourth-order valence-corrected chi connectivity index (χ4v) is 2.71. The van der Waals surface area contributed by atoms with E-state index in [2.05, 4.69) is 5.32 Å². The zero-order valence-corrected chi connectivity index (χ0v) is 14.2. The summed E-state index contributed by atoms with van der Waals surface area (Å²) in [6.45, 7) is 3.87. The van der Waals surface area contributed by atoms with E-state index in [4.69, 9.17) is 0 Å². The van der Waals surface area contributed by atoms with Crippen molar-refractivity contribution in [1.82, 2.24) is 9.21 Å². The summed E-state index contributed by atoms with van der Waals surface area (Å²) in [6.07, 6.45) is 0. The lowest BCUT2D eigenvalue weighted by molar-refractivity contribution is -0.126. The van der Waals surface area contributed by atoms with Crippen molar-refractivity contribution in [3.63, 3.8) is 0 Å². The molecular formula is C14H23N3O3S. The third kappa shape index (κ3) is 3.95. The summed E-state index contributed by atoms with van der Waals surface area (Å²) in [5.41, 5.74) is 2.45. The number of nitrogens with one attached hydrogen (secondary N) is 1. The molecule has 0 aromatic heterocycles. The van der Waals surface area contributed by atoms with E-state index in [1.807, 2.05) is 13.8 Å². The van der Waals surface area contributed by atoms with E-state index in [1.165, 1.54) is 23.3 Å². The number of nitrogens with zero attached hydrogens (tertiary/aromatic N) is 2. The molecule has 0 saturated carbocycles. The quantitative estimate of drug-likeness (QED) is 0.882. The average Bonchev–Trinajstić information content (AvgIpc) is 2.39. The van der Waals surface area contributed by atoms with E-state index in [0.29, 0.717) is 5.69 Å². The highest BCUT2D eigenvalue weighted by molar-refractivity contribution is 7.89. The summed E-state index contributed by atoms with van der Waals surface area (Å²) in [4.78, 5) is 13.3. The molecule has 21 heavy (non-hydrogen) atoms. The summed E-state index contributed by atoms with van der Waals surface area (Å²) in [6, 6.07) is 3.21. The molecule has 0 aliphatic heterocycles. The van der Waals surface area contributed by atoms with Crippen LogP contribution in [0.5, 0.6) is 0 Å². The summed E-state index contributed by atoms with van der Waals surface area (Å²) < 4.78 is 25.6. The van der Waals surface area contributed by atoms with Crippen LogP contribution in [0.2, 0.25) is 0 Å². The predicted molar refractivity (Wildman–Crippen MR) is 84.0 cm³/mol. The highest BCUT2D eigenvalue weighted by atomic mass is 32.2. The van der Waals surface area contributed by atoms with Crippen molar-refractivity contribution in [3.05, 3.63) is 23.3 Å². The molecule has 0 saturated heterocycles. The number of hydrogen-bond acceptors (Lipinski definition) is 4. The molecule has 0 radical (unpaired) electrons. The normalized spacial score (nSPS) is 11.6. The molecule has 1 amide bonds. The van der Waals surface area contributed by atoms with Gasteiger partial charge in [-0.15, -0.1) is 0 Å². The first-order valence-electron chi connectivity index (χ1n) is 6.55. The minimum absolute atomic E-state index is 0.0760. The maximum atomic E-state index is 12.2. The minimum Gasteiger partial charge on any atom is -0.376 e. The molecule has 0 aliphatic rings. The van der Waals surface area contributed by atoms with Crippen molar-refractivity contribution >= 4 is 21.6 Å². The van der Waals surface area contributed by atoms with Gasteiger partial charge in [0.2, 0.25) is 15.9 Å². The SMILES string of the molecule is Cc1cc(S(=O)(=O)N(C)C)cc(NCC(=O)N(C)C)c1C. The van der Waals surface area contributed by atoms with Crippen LogP contribution in [0.3, 0.4) is 0 Å². The highest BCUT2D eigenvalue weighted by Gasteiger charge is 2.19. The third-order valence-electron chi connectivity index (χ3n) is 3.35. The smallest absolute Gasteiger partial charge is 0.242 e. The van der Waals surface area contributed by atoms with Gasteiger partial charge in [0.05, 0.1) is 11.4 Å². The molecule has 0 aliphatic carbocycles. The highest BCUT2D eigenvalue weighted by Crippen LogP contribution is 2.25. The van der Waals surface area contributed by atoms with Gasteiger partial charge in [0.15, 0.2) is 0 Å². The van der Waals surface area contributed by atoms with Crippen molar-refractivity contribution in [2.75, 3.05) is 40.1 Å². The first-order valence-corrected chi connectivity index (χ1v) is 7.99. The van der Waals surface area contributed by atoms with Crippen LogP contribution in [0.25, 0.3) is 0 Å². The topological polar surface area (TPSA) is 69.7 Å². The Morgan fingerprint density at radius 3 is 2.19 bits per heavy atom. The van der Waals surface area contributed by atoms with Crippen LogP contribution in [-0.4, -0.2) is 58.3 Å². The lowest BCUT2D eigenvalue weighted by Crippen LogP contribution is -2.29. The second kappa shape index (κ2) is 6.44. The number of amides is 1. The molecule has 0 unspecified atom stereocenters. The van der Waals surface area contributed by atoms with E-state index >= 15 is 0 Å². The van der Waals surface area contributed by atoms with Crippen LogP contribution in [-0.2, 0) is 14.8 Å². The number of anilines is 1. The Labute approximate surface area is 126 Å². The van der Waals surface area contributed by atoms with E-state index in [-0.39, 0.29) is 17.3 Å². The zero-order valence-electron chi connectivity index (χ0n) is 13.4. The van der Waals surface area contributed by atoms with Gasteiger partial charge in [0.1, 0.15) is 0 Å². The van der Waals surface area contributed by atoms with Crippen LogP contribution in [0.1, 0.15) is 11.1 Å².